The standard InChI is InChI=1S/C12H16N4/c1-9-5-4-6-10(7-9)16-11(13)8-12(14-16)15(2)3/h4-8H,13H2,1-3H3. The van der Waals surface area contributed by atoms with Crippen molar-refractivity contribution in [3.63, 3.8) is 0 Å². The average Bonchev–Trinajstić information content (AvgIpc) is 2.60. The van der Waals surface area contributed by atoms with E-state index in [0.29, 0.717) is 5.82 Å². The molecule has 0 aliphatic rings. The Bertz CT molecular complexity index is 499. The van der Waals surface area contributed by atoms with Crippen LogP contribution in [0, 0.1) is 6.92 Å². The van der Waals surface area contributed by atoms with Crippen LogP contribution in [0.3, 0.4) is 0 Å². The molecule has 0 aliphatic carbocycles. The van der Waals surface area contributed by atoms with Crippen LogP contribution in [0.2, 0.25) is 0 Å². The Morgan fingerprint density at radius 3 is 2.56 bits per heavy atom. The number of aromatic nitrogens is 2. The van der Waals surface area contributed by atoms with Crippen molar-refractivity contribution in [3.05, 3.63) is 35.9 Å². The van der Waals surface area contributed by atoms with Gasteiger partial charge in [-0.2, -0.15) is 0 Å². The Labute approximate surface area is 95.3 Å². The predicted octanol–water partition coefficient (Wildman–Crippen LogP) is 1.83. The first-order chi connectivity index (χ1) is 7.58. The van der Waals surface area contributed by atoms with Crippen molar-refractivity contribution in [1.29, 1.82) is 0 Å². The van der Waals surface area contributed by atoms with Crippen LogP contribution in [0.25, 0.3) is 5.69 Å². The second kappa shape index (κ2) is 3.89. The summed E-state index contributed by atoms with van der Waals surface area (Å²) in [5, 5.41) is 4.44. The lowest BCUT2D eigenvalue weighted by Crippen LogP contribution is -2.10. The molecule has 4 heteroatoms. The third-order valence-corrected chi connectivity index (χ3v) is 2.43. The fourth-order valence-corrected chi connectivity index (χ4v) is 1.57. The number of nitrogens with two attached hydrogens (primary N) is 1. The fourth-order valence-electron chi connectivity index (χ4n) is 1.57. The molecule has 0 saturated heterocycles. The van der Waals surface area contributed by atoms with Crippen LogP contribution in [0.4, 0.5) is 11.6 Å². The van der Waals surface area contributed by atoms with Gasteiger partial charge in [0.2, 0.25) is 0 Å². The molecule has 84 valence electrons. The van der Waals surface area contributed by atoms with Crippen LogP contribution in [0.1, 0.15) is 5.56 Å². The van der Waals surface area contributed by atoms with Crippen LogP contribution in [-0.4, -0.2) is 23.9 Å². The molecule has 1 aromatic heterocycles. The molecule has 2 aromatic rings. The molecule has 0 spiro atoms. The van der Waals surface area contributed by atoms with Crippen molar-refractivity contribution in [2.24, 2.45) is 0 Å². The molecule has 2 rings (SSSR count). The third kappa shape index (κ3) is 1.86. The largest absolute Gasteiger partial charge is 0.384 e. The first kappa shape index (κ1) is 10.5. The number of rotatable bonds is 2. The summed E-state index contributed by atoms with van der Waals surface area (Å²) in [6.07, 6.45) is 0. The maximum atomic E-state index is 5.94. The van der Waals surface area contributed by atoms with Crippen molar-refractivity contribution < 1.29 is 0 Å². The molecule has 0 aliphatic heterocycles. The average molecular weight is 216 g/mol. The SMILES string of the molecule is Cc1cccc(-n2nc(N(C)C)cc2N)c1. The monoisotopic (exact) mass is 216 g/mol. The number of benzene rings is 1. The zero-order chi connectivity index (χ0) is 11.7. The molecule has 1 aromatic carbocycles. The summed E-state index contributed by atoms with van der Waals surface area (Å²) in [5.41, 5.74) is 8.12. The van der Waals surface area contributed by atoms with Crippen LogP contribution in [0.15, 0.2) is 30.3 Å². The summed E-state index contributed by atoms with van der Waals surface area (Å²) in [7, 11) is 3.89. The molecule has 1 heterocycles. The van der Waals surface area contributed by atoms with Crippen molar-refractivity contribution in [2.75, 3.05) is 24.7 Å². The van der Waals surface area contributed by atoms with E-state index in [9.17, 15) is 0 Å². The maximum Gasteiger partial charge on any atom is 0.152 e. The lowest BCUT2D eigenvalue weighted by Gasteiger charge is -2.07. The van der Waals surface area contributed by atoms with E-state index in [1.807, 2.05) is 37.2 Å². The van der Waals surface area contributed by atoms with Crippen molar-refractivity contribution >= 4 is 11.6 Å². The van der Waals surface area contributed by atoms with Gasteiger partial charge in [-0.3, -0.25) is 0 Å². The van der Waals surface area contributed by atoms with Gasteiger partial charge in [-0.1, -0.05) is 12.1 Å². The minimum absolute atomic E-state index is 0.648. The van der Waals surface area contributed by atoms with Gasteiger partial charge in [-0.05, 0) is 24.6 Å². The number of anilines is 2. The summed E-state index contributed by atoms with van der Waals surface area (Å²) in [6, 6.07) is 9.97. The Hall–Kier alpha value is -1.97. The van der Waals surface area contributed by atoms with Crippen molar-refractivity contribution in [2.45, 2.75) is 6.92 Å². The summed E-state index contributed by atoms with van der Waals surface area (Å²) in [6.45, 7) is 2.05. The first-order valence-corrected chi connectivity index (χ1v) is 5.18. The normalized spacial score (nSPS) is 10.4. The van der Waals surface area contributed by atoms with Crippen LogP contribution >= 0.6 is 0 Å². The topological polar surface area (TPSA) is 47.1 Å². The molecule has 4 nitrogen and oxygen atoms in total. The molecule has 0 radical (unpaired) electrons. The molecule has 0 amide bonds. The third-order valence-electron chi connectivity index (χ3n) is 2.43. The highest BCUT2D eigenvalue weighted by Crippen LogP contribution is 2.19. The highest BCUT2D eigenvalue weighted by molar-refractivity contribution is 5.52. The Balaban J connectivity index is 2.48. The van der Waals surface area contributed by atoms with Crippen LogP contribution in [0.5, 0.6) is 0 Å². The number of nitrogen functional groups attached to an aromatic ring is 1. The van der Waals surface area contributed by atoms with E-state index in [2.05, 4.69) is 24.2 Å². The minimum atomic E-state index is 0.648. The van der Waals surface area contributed by atoms with Crippen LogP contribution < -0.4 is 10.6 Å². The number of aryl methyl sites for hydroxylation is 1. The predicted molar refractivity (Wildman–Crippen MR) is 67.0 cm³/mol. The van der Waals surface area contributed by atoms with E-state index in [1.54, 1.807) is 4.68 Å². The zero-order valence-electron chi connectivity index (χ0n) is 9.81. The lowest BCUT2D eigenvalue weighted by molar-refractivity contribution is 0.873. The van der Waals surface area contributed by atoms with Gasteiger partial charge in [0.15, 0.2) is 5.82 Å². The smallest absolute Gasteiger partial charge is 0.152 e. The van der Waals surface area contributed by atoms with Gasteiger partial charge in [0.25, 0.3) is 0 Å². The Morgan fingerprint density at radius 2 is 2.00 bits per heavy atom. The molecular weight excluding hydrogens is 200 g/mol. The van der Waals surface area contributed by atoms with Crippen molar-refractivity contribution in [3.8, 4) is 5.69 Å². The van der Waals surface area contributed by atoms with Gasteiger partial charge in [-0.15, -0.1) is 5.10 Å². The van der Waals surface area contributed by atoms with Gasteiger partial charge in [0, 0.05) is 20.2 Å². The molecular formula is C12H16N4. The Kier molecular flexibility index (Phi) is 2.56. The zero-order valence-corrected chi connectivity index (χ0v) is 9.81. The molecule has 0 atom stereocenters. The lowest BCUT2D eigenvalue weighted by atomic mass is 10.2. The summed E-state index contributed by atoms with van der Waals surface area (Å²) in [5.74, 6) is 1.51. The van der Waals surface area contributed by atoms with Crippen molar-refractivity contribution in [1.82, 2.24) is 9.78 Å². The molecule has 2 N–H and O–H groups in total. The maximum absolute atomic E-state index is 5.94. The summed E-state index contributed by atoms with van der Waals surface area (Å²) >= 11 is 0. The van der Waals surface area contributed by atoms with Gasteiger partial charge in [0.1, 0.15) is 5.82 Å². The second-order valence-corrected chi connectivity index (χ2v) is 4.07. The molecule has 0 fully saturated rings. The Morgan fingerprint density at radius 1 is 1.25 bits per heavy atom. The number of nitrogens with zero attached hydrogens (tertiary/aromatic N) is 3. The molecule has 0 unspecified atom stereocenters. The second-order valence-electron chi connectivity index (χ2n) is 4.07. The van der Waals surface area contributed by atoms with Gasteiger partial charge < -0.3 is 10.6 Å². The highest BCUT2D eigenvalue weighted by atomic mass is 15.4. The van der Waals surface area contributed by atoms with Gasteiger partial charge in [0.05, 0.1) is 5.69 Å². The summed E-state index contributed by atoms with van der Waals surface area (Å²) in [4.78, 5) is 1.93. The number of hydrogen-bond donors (Lipinski definition) is 1. The minimum Gasteiger partial charge on any atom is -0.384 e. The van der Waals surface area contributed by atoms with E-state index in [-0.39, 0.29) is 0 Å². The van der Waals surface area contributed by atoms with Gasteiger partial charge in [-0.25, -0.2) is 4.68 Å². The highest BCUT2D eigenvalue weighted by Gasteiger charge is 2.07. The quantitative estimate of drug-likeness (QED) is 0.833. The molecule has 16 heavy (non-hydrogen) atoms. The van der Waals surface area contributed by atoms with Gasteiger partial charge >= 0.3 is 0 Å². The van der Waals surface area contributed by atoms with E-state index >= 15 is 0 Å². The number of hydrogen-bond acceptors (Lipinski definition) is 3. The van der Waals surface area contributed by atoms with E-state index < -0.39 is 0 Å². The van der Waals surface area contributed by atoms with Crippen LogP contribution in [-0.2, 0) is 0 Å². The van der Waals surface area contributed by atoms with E-state index in [1.165, 1.54) is 5.56 Å². The fraction of sp³-hybridized carbons (Fsp3) is 0.250. The van der Waals surface area contributed by atoms with E-state index in [0.717, 1.165) is 11.5 Å². The molecule has 0 saturated carbocycles. The molecule has 0 bridgehead atoms. The first-order valence-electron chi connectivity index (χ1n) is 5.18. The summed E-state index contributed by atoms with van der Waals surface area (Å²) < 4.78 is 1.75. The van der Waals surface area contributed by atoms with E-state index in [4.69, 9.17) is 5.73 Å².